The van der Waals surface area contributed by atoms with E-state index in [1.54, 1.807) is 36.5 Å². The molecule has 0 bridgehead atoms. The van der Waals surface area contributed by atoms with Gasteiger partial charge in [-0.2, -0.15) is 0 Å². The highest BCUT2D eigenvalue weighted by Gasteiger charge is 2.17. The number of amides is 1. The van der Waals surface area contributed by atoms with E-state index in [9.17, 15) is 9.59 Å². The monoisotopic (exact) mass is 354 g/mol. The molecule has 2 aromatic rings. The fraction of sp³-hybridized carbons (Fsp3) is 0.316. The molecule has 1 aromatic carbocycles. The topological polar surface area (TPSA) is 74.8 Å². The van der Waals surface area contributed by atoms with Crippen molar-refractivity contribution in [3.05, 3.63) is 53.9 Å². The maximum absolute atomic E-state index is 12.5. The van der Waals surface area contributed by atoms with E-state index in [-0.39, 0.29) is 5.91 Å². The molecule has 0 radical (unpaired) electrons. The molecule has 7 heteroatoms. The second kappa shape index (κ2) is 7.97. The Hall–Kier alpha value is -2.93. The summed E-state index contributed by atoms with van der Waals surface area (Å²) in [5, 5.41) is 2.72. The summed E-state index contributed by atoms with van der Waals surface area (Å²) < 4.78 is 4.74. The van der Waals surface area contributed by atoms with E-state index in [0.29, 0.717) is 16.9 Å². The molecule has 1 N–H and O–H groups in total. The van der Waals surface area contributed by atoms with Gasteiger partial charge in [0.15, 0.2) is 0 Å². The minimum Gasteiger partial charge on any atom is -0.465 e. The van der Waals surface area contributed by atoms with Gasteiger partial charge >= 0.3 is 5.97 Å². The van der Waals surface area contributed by atoms with E-state index in [1.807, 2.05) is 6.07 Å². The lowest BCUT2D eigenvalue weighted by Gasteiger charge is -2.33. The van der Waals surface area contributed by atoms with Gasteiger partial charge < -0.3 is 19.9 Å². The zero-order valence-corrected chi connectivity index (χ0v) is 14.9. The Bertz CT molecular complexity index is 784. The van der Waals surface area contributed by atoms with Crippen molar-refractivity contribution in [2.24, 2.45) is 0 Å². The highest BCUT2D eigenvalue weighted by molar-refractivity contribution is 6.07. The first kappa shape index (κ1) is 17.9. The van der Waals surface area contributed by atoms with Crippen molar-refractivity contribution >= 4 is 23.3 Å². The van der Waals surface area contributed by atoms with Crippen molar-refractivity contribution in [3.8, 4) is 0 Å². The third-order valence-electron chi connectivity index (χ3n) is 4.43. The van der Waals surface area contributed by atoms with Crippen LogP contribution in [-0.4, -0.2) is 62.1 Å². The van der Waals surface area contributed by atoms with Crippen molar-refractivity contribution in [3.63, 3.8) is 0 Å². The van der Waals surface area contributed by atoms with Gasteiger partial charge in [-0.15, -0.1) is 0 Å². The highest BCUT2D eigenvalue weighted by atomic mass is 16.5. The average molecular weight is 354 g/mol. The number of anilines is 2. The average Bonchev–Trinajstić information content (AvgIpc) is 2.68. The number of ether oxygens (including phenoxy) is 1. The fourth-order valence-corrected chi connectivity index (χ4v) is 2.84. The number of rotatable bonds is 4. The number of benzene rings is 1. The molecular weight excluding hydrogens is 332 g/mol. The number of para-hydroxylation sites is 1. The number of carbonyl (C=O) groups excluding carboxylic acids is 2. The molecule has 7 nitrogen and oxygen atoms in total. The van der Waals surface area contributed by atoms with Crippen LogP contribution in [0, 0.1) is 0 Å². The van der Waals surface area contributed by atoms with Crippen LogP contribution in [0.15, 0.2) is 42.6 Å². The first-order valence-corrected chi connectivity index (χ1v) is 8.46. The van der Waals surface area contributed by atoms with E-state index >= 15 is 0 Å². The van der Waals surface area contributed by atoms with Crippen LogP contribution in [0.1, 0.15) is 20.8 Å². The number of carbonyl (C=O) groups is 2. The maximum atomic E-state index is 12.5. The van der Waals surface area contributed by atoms with Crippen molar-refractivity contribution in [2.45, 2.75) is 0 Å². The number of methoxy groups -OCH3 is 1. The van der Waals surface area contributed by atoms with Crippen molar-refractivity contribution in [1.29, 1.82) is 0 Å². The molecule has 0 unspecified atom stereocenters. The molecule has 3 rings (SSSR count). The Balaban J connectivity index is 1.70. The normalized spacial score (nSPS) is 14.8. The summed E-state index contributed by atoms with van der Waals surface area (Å²) in [6, 6.07) is 10.3. The smallest absolute Gasteiger partial charge is 0.339 e. The Labute approximate surface area is 152 Å². The van der Waals surface area contributed by atoms with Crippen molar-refractivity contribution < 1.29 is 14.3 Å². The van der Waals surface area contributed by atoms with Gasteiger partial charge in [-0.05, 0) is 31.3 Å². The summed E-state index contributed by atoms with van der Waals surface area (Å²) in [5.41, 5.74) is 2.00. The summed E-state index contributed by atoms with van der Waals surface area (Å²) in [4.78, 5) is 33.1. The number of esters is 1. The molecule has 136 valence electrons. The molecule has 0 atom stereocenters. The molecule has 1 saturated heterocycles. The maximum Gasteiger partial charge on any atom is 0.339 e. The van der Waals surface area contributed by atoms with E-state index in [1.165, 1.54) is 7.11 Å². The number of hydrogen-bond donors (Lipinski definition) is 1. The molecule has 1 aliphatic rings. The van der Waals surface area contributed by atoms with Crippen LogP contribution < -0.4 is 10.2 Å². The fourth-order valence-electron chi connectivity index (χ4n) is 2.84. The zero-order valence-electron chi connectivity index (χ0n) is 14.9. The Morgan fingerprint density at radius 2 is 1.81 bits per heavy atom. The number of hydrogen-bond acceptors (Lipinski definition) is 6. The summed E-state index contributed by atoms with van der Waals surface area (Å²) in [6.07, 6.45) is 1.71. The first-order valence-electron chi connectivity index (χ1n) is 8.46. The Kier molecular flexibility index (Phi) is 5.48. The van der Waals surface area contributed by atoms with Gasteiger partial charge in [-0.25, -0.2) is 9.78 Å². The molecule has 0 aliphatic carbocycles. The Morgan fingerprint density at radius 3 is 2.46 bits per heavy atom. The van der Waals surface area contributed by atoms with Crippen LogP contribution in [0.2, 0.25) is 0 Å². The zero-order chi connectivity index (χ0) is 18.5. The summed E-state index contributed by atoms with van der Waals surface area (Å²) in [5.74, 6) is -0.870. The number of aromatic nitrogens is 1. The molecule has 1 aromatic heterocycles. The van der Waals surface area contributed by atoms with E-state index in [2.05, 4.69) is 27.1 Å². The number of nitrogens with zero attached hydrogens (tertiary/aromatic N) is 3. The van der Waals surface area contributed by atoms with Crippen LogP contribution in [0.5, 0.6) is 0 Å². The lowest BCUT2D eigenvalue weighted by molar-refractivity contribution is 0.0602. The molecule has 1 amide bonds. The van der Waals surface area contributed by atoms with Crippen LogP contribution in [0.3, 0.4) is 0 Å². The third-order valence-corrected chi connectivity index (χ3v) is 4.43. The highest BCUT2D eigenvalue weighted by Crippen LogP contribution is 2.18. The molecule has 0 saturated carbocycles. The van der Waals surface area contributed by atoms with Gasteiger partial charge in [-0.3, -0.25) is 4.79 Å². The van der Waals surface area contributed by atoms with E-state index < -0.39 is 5.97 Å². The predicted molar refractivity (Wildman–Crippen MR) is 99.7 cm³/mol. The molecular formula is C19H22N4O3. The van der Waals surface area contributed by atoms with Crippen LogP contribution in [0.25, 0.3) is 0 Å². The number of pyridine rings is 1. The predicted octanol–water partition coefficient (Wildman–Crippen LogP) is 1.87. The van der Waals surface area contributed by atoms with Gasteiger partial charge in [0.2, 0.25) is 0 Å². The van der Waals surface area contributed by atoms with E-state index in [0.717, 1.165) is 31.9 Å². The minimum absolute atomic E-state index is 0.294. The second-order valence-corrected chi connectivity index (χ2v) is 6.18. The summed E-state index contributed by atoms with van der Waals surface area (Å²) in [7, 11) is 3.41. The van der Waals surface area contributed by atoms with Gasteiger partial charge in [0, 0.05) is 26.2 Å². The standard InChI is InChI=1S/C19H22N4O3/c1-22-9-11-23(12-10-22)14-7-8-17(20-13-14)18(24)21-16-6-4-3-5-15(16)19(25)26-2/h3-8,13H,9-12H2,1-2H3,(H,21,24). The second-order valence-electron chi connectivity index (χ2n) is 6.18. The van der Waals surface area contributed by atoms with Gasteiger partial charge in [0.25, 0.3) is 5.91 Å². The minimum atomic E-state index is -0.501. The van der Waals surface area contributed by atoms with Gasteiger partial charge in [-0.1, -0.05) is 12.1 Å². The lowest BCUT2D eigenvalue weighted by Crippen LogP contribution is -2.44. The number of piperazine rings is 1. The first-order chi connectivity index (χ1) is 12.6. The Morgan fingerprint density at radius 1 is 1.08 bits per heavy atom. The molecule has 1 aliphatic heterocycles. The molecule has 2 heterocycles. The van der Waals surface area contributed by atoms with Gasteiger partial charge in [0.05, 0.1) is 30.2 Å². The van der Waals surface area contributed by atoms with Crippen molar-refractivity contribution in [1.82, 2.24) is 9.88 Å². The summed E-state index contributed by atoms with van der Waals surface area (Å²) >= 11 is 0. The third kappa shape index (κ3) is 4.00. The lowest BCUT2D eigenvalue weighted by atomic mass is 10.1. The SMILES string of the molecule is COC(=O)c1ccccc1NC(=O)c1ccc(N2CCN(C)CC2)cn1. The number of nitrogens with one attached hydrogen (secondary N) is 1. The molecule has 1 fully saturated rings. The van der Waals surface area contributed by atoms with Gasteiger partial charge in [0.1, 0.15) is 5.69 Å². The number of likely N-dealkylation sites (N-methyl/N-ethyl adjacent to an activating group) is 1. The van der Waals surface area contributed by atoms with Crippen molar-refractivity contribution in [2.75, 3.05) is 50.6 Å². The van der Waals surface area contributed by atoms with Crippen LogP contribution >= 0.6 is 0 Å². The molecule has 26 heavy (non-hydrogen) atoms. The van der Waals surface area contributed by atoms with Crippen LogP contribution in [0.4, 0.5) is 11.4 Å². The summed E-state index contributed by atoms with van der Waals surface area (Å²) in [6.45, 7) is 3.89. The van der Waals surface area contributed by atoms with Crippen LogP contribution in [-0.2, 0) is 4.74 Å². The molecule has 0 spiro atoms. The largest absolute Gasteiger partial charge is 0.465 e. The van der Waals surface area contributed by atoms with E-state index in [4.69, 9.17) is 4.74 Å². The quantitative estimate of drug-likeness (QED) is 0.845.